The smallest absolute Gasteiger partial charge is 0.0541 e. The zero-order valence-corrected chi connectivity index (χ0v) is 59.3. The maximum atomic E-state index is 2.43. The first-order chi connectivity index (χ1) is 53.6. The van der Waals surface area contributed by atoms with Crippen molar-refractivity contribution in [3.8, 4) is 112 Å². The lowest BCUT2D eigenvalue weighted by Gasteiger charge is -2.18. The Morgan fingerprint density at radius 1 is 0.111 bits per heavy atom. The average molecular weight is 1370 g/mol. The van der Waals surface area contributed by atoms with Crippen molar-refractivity contribution in [2.45, 2.75) is 0 Å². The summed E-state index contributed by atoms with van der Waals surface area (Å²) in [6.45, 7) is 0. The molecule has 0 amide bonds. The number of hydrogen-bond donors (Lipinski definition) is 0. The van der Waals surface area contributed by atoms with Crippen LogP contribution in [-0.2, 0) is 0 Å². The van der Waals surface area contributed by atoms with Crippen molar-refractivity contribution in [1.82, 2.24) is 9.13 Å². The van der Waals surface area contributed by atoms with E-state index in [4.69, 9.17) is 0 Å². The van der Waals surface area contributed by atoms with Gasteiger partial charge in [0.1, 0.15) is 0 Å². The van der Waals surface area contributed by atoms with E-state index in [1.54, 1.807) is 0 Å². The first kappa shape index (κ1) is 63.5. The van der Waals surface area contributed by atoms with Crippen molar-refractivity contribution in [3.05, 3.63) is 425 Å². The van der Waals surface area contributed by atoms with E-state index in [9.17, 15) is 0 Å². The summed E-state index contributed by atoms with van der Waals surface area (Å²) in [6, 6.07) is 155. The monoisotopic (exact) mass is 1370 g/mol. The summed E-state index contributed by atoms with van der Waals surface area (Å²) >= 11 is 0. The predicted octanol–water partition coefficient (Wildman–Crippen LogP) is 29.2. The van der Waals surface area contributed by atoms with E-state index in [1.165, 1.54) is 187 Å². The minimum Gasteiger partial charge on any atom is -0.309 e. The number of nitrogens with zero attached hydrogens (tertiary/aromatic N) is 2. The van der Waals surface area contributed by atoms with E-state index in [2.05, 4.69) is 434 Å². The fourth-order valence-electron chi connectivity index (χ4n) is 17.0. The van der Waals surface area contributed by atoms with Crippen LogP contribution in [0.3, 0.4) is 0 Å². The van der Waals surface area contributed by atoms with Crippen LogP contribution in [-0.4, -0.2) is 9.13 Å². The highest BCUT2D eigenvalue weighted by molar-refractivity contribution is 6.23. The van der Waals surface area contributed by atoms with Gasteiger partial charge in [-0.15, -0.1) is 0 Å². The van der Waals surface area contributed by atoms with Crippen LogP contribution in [0.25, 0.3) is 198 Å². The molecule has 0 aliphatic heterocycles. The van der Waals surface area contributed by atoms with Gasteiger partial charge in [-0.3, -0.25) is 0 Å². The standard InChI is InChI=1S/C56H37N.C50H33N/c1-3-14-38(15-4-1)43-18-13-19-44(36-43)45-32-35-54-52(37-45)47-20-11-12-25-53(47)57(54)46-33-30-40(31-34-46)39-26-28-42(29-27-39)56-50-23-9-7-21-48(50)55(41-16-5-2-6-17-41)49-22-8-10-24-51(49)56;1-3-15-34(16-4-1)36-19-13-20-37(31-36)38-29-30-48-46(33-38)41-23-11-12-28-47(41)51(48)40-22-14-21-39(32-40)50-44-26-9-7-24-42(44)49(35-17-5-2-6-18-35)43-25-8-10-27-45(43)50/h1-37H;1-33H. The van der Waals surface area contributed by atoms with Gasteiger partial charge in [0.2, 0.25) is 0 Å². The minimum atomic E-state index is 1.15. The summed E-state index contributed by atoms with van der Waals surface area (Å²) in [7, 11) is 0. The van der Waals surface area contributed by atoms with Crippen LogP contribution in [0.5, 0.6) is 0 Å². The van der Waals surface area contributed by atoms with Crippen molar-refractivity contribution < 1.29 is 0 Å². The number of rotatable bonds is 11. The van der Waals surface area contributed by atoms with Crippen LogP contribution in [0.15, 0.2) is 425 Å². The Morgan fingerprint density at radius 2 is 0.343 bits per heavy atom. The first-order valence-corrected chi connectivity index (χ1v) is 37.3. The topological polar surface area (TPSA) is 9.86 Å². The molecular weight excluding hydrogens is 1300 g/mol. The first-order valence-electron chi connectivity index (χ1n) is 37.3. The van der Waals surface area contributed by atoms with Crippen molar-refractivity contribution >= 4 is 86.7 Å². The molecule has 0 aliphatic carbocycles. The summed E-state index contributed by atoms with van der Waals surface area (Å²) in [4.78, 5) is 0. The van der Waals surface area contributed by atoms with Crippen LogP contribution >= 0.6 is 0 Å². The lowest BCUT2D eigenvalue weighted by atomic mass is 9.86. The van der Waals surface area contributed by atoms with Gasteiger partial charge in [0.25, 0.3) is 0 Å². The molecule has 2 nitrogen and oxygen atoms in total. The molecule has 2 heterocycles. The summed E-state index contributed by atoms with van der Waals surface area (Å²) in [5.74, 6) is 0. The van der Waals surface area contributed by atoms with Crippen LogP contribution in [0.4, 0.5) is 0 Å². The van der Waals surface area contributed by atoms with Crippen molar-refractivity contribution in [2.75, 3.05) is 0 Å². The number of para-hydroxylation sites is 2. The molecule has 21 aromatic rings. The van der Waals surface area contributed by atoms with Crippen molar-refractivity contribution in [1.29, 1.82) is 0 Å². The number of fused-ring (bicyclic) bond motifs is 10. The molecule has 0 fully saturated rings. The highest BCUT2D eigenvalue weighted by Gasteiger charge is 2.22. The SMILES string of the molecule is c1ccc(-c2cccc(-c3ccc4c(c3)c3ccccc3n4-c3ccc(-c4ccc(-c5c6ccccc6c(-c6ccccc6)c6ccccc56)cc4)cc3)c2)cc1.c1ccc(-c2cccc(-c3ccc4c(c3)c3ccccc3n4-c3cccc(-c4c5ccccc5c(-c5ccccc5)c5ccccc45)c3)c2)cc1. The van der Waals surface area contributed by atoms with Crippen LogP contribution in [0.2, 0.25) is 0 Å². The molecule has 0 saturated carbocycles. The van der Waals surface area contributed by atoms with E-state index >= 15 is 0 Å². The largest absolute Gasteiger partial charge is 0.309 e. The second-order valence-corrected chi connectivity index (χ2v) is 28.2. The van der Waals surface area contributed by atoms with E-state index in [0.29, 0.717) is 0 Å². The quantitative estimate of drug-likeness (QED) is 0.114. The lowest BCUT2D eigenvalue weighted by Crippen LogP contribution is -1.95. The molecule has 19 aromatic carbocycles. The Hall–Kier alpha value is -14.2. The molecule has 0 N–H and O–H groups in total. The number of aromatic nitrogens is 2. The van der Waals surface area contributed by atoms with E-state index in [1.807, 2.05) is 0 Å². The molecule has 0 saturated heterocycles. The second-order valence-electron chi connectivity index (χ2n) is 28.2. The molecule has 2 heteroatoms. The van der Waals surface area contributed by atoms with Gasteiger partial charge < -0.3 is 9.13 Å². The fourth-order valence-corrected chi connectivity index (χ4v) is 17.0. The molecule has 0 aliphatic rings. The van der Waals surface area contributed by atoms with Crippen LogP contribution in [0, 0.1) is 0 Å². The van der Waals surface area contributed by atoms with Gasteiger partial charge in [-0.1, -0.05) is 352 Å². The van der Waals surface area contributed by atoms with Gasteiger partial charge in [0.05, 0.1) is 22.1 Å². The third-order valence-corrected chi connectivity index (χ3v) is 22.0. The van der Waals surface area contributed by atoms with Gasteiger partial charge in [-0.2, -0.15) is 0 Å². The van der Waals surface area contributed by atoms with Gasteiger partial charge >= 0.3 is 0 Å². The Balaban J connectivity index is 0.000000143. The molecular formula is C106H70N2. The Kier molecular flexibility index (Phi) is 16.0. The molecule has 2 aromatic heterocycles. The molecule has 21 rings (SSSR count). The minimum absolute atomic E-state index is 1.15. The predicted molar refractivity (Wildman–Crippen MR) is 461 cm³/mol. The van der Waals surface area contributed by atoms with Crippen LogP contribution < -0.4 is 0 Å². The van der Waals surface area contributed by atoms with Crippen molar-refractivity contribution in [3.63, 3.8) is 0 Å². The number of hydrogen-bond acceptors (Lipinski definition) is 0. The normalized spacial score (nSPS) is 11.5. The Bertz CT molecular complexity index is 6870. The van der Waals surface area contributed by atoms with Crippen LogP contribution in [0.1, 0.15) is 0 Å². The number of benzene rings is 19. The summed E-state index contributed by atoms with van der Waals surface area (Å²) in [5.41, 5.74) is 29.3. The molecule has 0 radical (unpaired) electrons. The average Bonchev–Trinajstić information content (AvgIpc) is 1.71. The molecule has 108 heavy (non-hydrogen) atoms. The summed E-state index contributed by atoms with van der Waals surface area (Å²) in [6.07, 6.45) is 0. The third-order valence-electron chi connectivity index (χ3n) is 22.0. The molecule has 0 bridgehead atoms. The second kappa shape index (κ2) is 27.1. The zero-order chi connectivity index (χ0) is 71.4. The summed E-state index contributed by atoms with van der Waals surface area (Å²) < 4.78 is 4.83. The van der Waals surface area contributed by atoms with Gasteiger partial charge in [-0.05, 0) is 216 Å². The van der Waals surface area contributed by atoms with Gasteiger partial charge in [0.15, 0.2) is 0 Å². The Labute approximate surface area is 627 Å². The van der Waals surface area contributed by atoms with Crippen molar-refractivity contribution in [2.24, 2.45) is 0 Å². The zero-order valence-electron chi connectivity index (χ0n) is 59.3. The maximum Gasteiger partial charge on any atom is 0.0541 e. The third kappa shape index (κ3) is 11.2. The molecule has 0 unspecified atom stereocenters. The summed E-state index contributed by atoms with van der Waals surface area (Å²) in [5, 5.41) is 15.2. The molecule has 0 atom stereocenters. The Morgan fingerprint density at radius 3 is 0.731 bits per heavy atom. The van der Waals surface area contributed by atoms with E-state index < -0.39 is 0 Å². The van der Waals surface area contributed by atoms with Gasteiger partial charge in [0, 0.05) is 32.9 Å². The lowest BCUT2D eigenvalue weighted by molar-refractivity contribution is 1.18. The molecule has 504 valence electrons. The highest BCUT2D eigenvalue weighted by atomic mass is 15.0. The molecule has 0 spiro atoms. The fraction of sp³-hybridized carbons (Fsp3) is 0. The highest BCUT2D eigenvalue weighted by Crippen LogP contribution is 2.48. The van der Waals surface area contributed by atoms with E-state index in [0.717, 1.165) is 11.4 Å². The van der Waals surface area contributed by atoms with Gasteiger partial charge in [-0.25, -0.2) is 0 Å². The van der Waals surface area contributed by atoms with E-state index in [-0.39, 0.29) is 0 Å². The maximum absolute atomic E-state index is 2.43.